The molecular formula is C25H20IO5P. The van der Waals surface area contributed by atoms with Crippen molar-refractivity contribution >= 4 is 53.5 Å². The number of aromatic carboxylic acids is 1. The van der Waals surface area contributed by atoms with Crippen LogP contribution >= 0.6 is 26.3 Å². The number of rotatable bonds is 5. The van der Waals surface area contributed by atoms with Gasteiger partial charge in [0.25, 0.3) is 0 Å². The molecule has 4 rings (SSSR count). The van der Waals surface area contributed by atoms with Crippen LogP contribution in [-0.4, -0.2) is 26.4 Å². The van der Waals surface area contributed by atoms with Gasteiger partial charge in [0.15, 0.2) is 0 Å². The van der Waals surface area contributed by atoms with Crippen molar-refractivity contribution in [2.75, 3.05) is 0 Å². The summed E-state index contributed by atoms with van der Waals surface area (Å²) in [7, 11) is 0. The van der Waals surface area contributed by atoms with Gasteiger partial charge in [0.05, 0.1) is 0 Å². The van der Waals surface area contributed by atoms with Gasteiger partial charge in [-0.3, -0.25) is 0 Å². The number of carbonyl (C=O) groups is 1. The molecule has 0 aliphatic heterocycles. The van der Waals surface area contributed by atoms with E-state index in [4.69, 9.17) is 0 Å². The number of phenols is 3. The van der Waals surface area contributed by atoms with Crippen molar-refractivity contribution in [1.29, 1.82) is 0 Å². The molecule has 0 heterocycles. The summed E-state index contributed by atoms with van der Waals surface area (Å²) in [5, 5.41) is 43.1. The summed E-state index contributed by atoms with van der Waals surface area (Å²) in [6.07, 6.45) is 0. The fourth-order valence-corrected chi connectivity index (χ4v) is 13.1. The van der Waals surface area contributed by atoms with E-state index in [0.29, 0.717) is 5.30 Å². The van der Waals surface area contributed by atoms with Crippen molar-refractivity contribution in [3.05, 3.63) is 103 Å². The number of halogens is 1. The summed E-state index contributed by atoms with van der Waals surface area (Å²) < 4.78 is -3.75. The quantitative estimate of drug-likeness (QED) is 0.219. The summed E-state index contributed by atoms with van der Waals surface area (Å²) in [4.78, 5) is 12.4. The Bertz CT molecular complexity index is 1170. The van der Waals surface area contributed by atoms with Crippen molar-refractivity contribution in [3.8, 4) is 17.2 Å². The molecule has 4 aromatic carbocycles. The second-order valence-corrected chi connectivity index (χ2v) is 17.2. The first kappa shape index (κ1) is 22.1. The molecule has 0 aliphatic carbocycles. The van der Waals surface area contributed by atoms with Gasteiger partial charge in [-0.25, -0.2) is 0 Å². The zero-order valence-corrected chi connectivity index (χ0v) is 19.8. The van der Waals surface area contributed by atoms with E-state index in [1.807, 2.05) is 12.1 Å². The zero-order chi connectivity index (χ0) is 23.0. The van der Waals surface area contributed by atoms with Gasteiger partial charge in [0.2, 0.25) is 0 Å². The molecule has 0 atom stereocenters. The maximum absolute atomic E-state index is 12.4. The number of hydrogen-bond donors (Lipinski definition) is 4. The van der Waals surface area contributed by atoms with Gasteiger partial charge >= 0.3 is 199 Å². The molecule has 0 bridgehead atoms. The summed E-state index contributed by atoms with van der Waals surface area (Å²) in [5.74, 6) is -0.767. The molecule has 5 nitrogen and oxygen atoms in total. The number of aromatic hydroxyl groups is 3. The van der Waals surface area contributed by atoms with Crippen molar-refractivity contribution in [2.24, 2.45) is 0 Å². The average molecular weight is 558 g/mol. The zero-order valence-electron chi connectivity index (χ0n) is 16.8. The third-order valence-electron chi connectivity index (χ3n) is 5.59. The normalized spacial score (nSPS) is 12.6. The fraction of sp³-hybridized carbons (Fsp3) is 0. The Hall–Kier alpha value is -3.09. The van der Waals surface area contributed by atoms with Gasteiger partial charge in [0.1, 0.15) is 0 Å². The number of carboxylic acids is 1. The molecule has 0 radical (unpaired) electrons. The van der Waals surface area contributed by atoms with E-state index in [9.17, 15) is 25.2 Å². The Kier molecular flexibility index (Phi) is 5.61. The van der Waals surface area contributed by atoms with Crippen LogP contribution in [0.4, 0.5) is 0 Å². The van der Waals surface area contributed by atoms with Crippen LogP contribution in [0, 0.1) is 0 Å². The van der Waals surface area contributed by atoms with Crippen LogP contribution in [0.5, 0.6) is 17.2 Å². The summed E-state index contributed by atoms with van der Waals surface area (Å²) in [5.41, 5.74) is 0.161. The van der Waals surface area contributed by atoms with E-state index in [2.05, 4.69) is 22.0 Å². The monoisotopic (exact) mass is 558 g/mol. The molecular weight excluding hydrogens is 538 g/mol. The molecule has 0 aromatic heterocycles. The van der Waals surface area contributed by atoms with Crippen molar-refractivity contribution in [3.63, 3.8) is 0 Å². The maximum atomic E-state index is 12.4. The molecule has 7 heteroatoms. The van der Waals surface area contributed by atoms with Crippen molar-refractivity contribution < 1.29 is 25.2 Å². The number of phenolic OH excluding ortho intramolecular Hbond substituents is 3. The van der Waals surface area contributed by atoms with Gasteiger partial charge in [-0.2, -0.15) is 0 Å². The molecule has 0 fully saturated rings. The van der Waals surface area contributed by atoms with Crippen LogP contribution in [0.3, 0.4) is 0 Å². The predicted octanol–water partition coefficient (Wildman–Crippen LogP) is 4.01. The molecule has 32 heavy (non-hydrogen) atoms. The average Bonchev–Trinajstić information content (AvgIpc) is 2.80. The molecule has 0 amide bonds. The van der Waals surface area contributed by atoms with E-state index in [0.717, 1.165) is 15.9 Å². The Morgan fingerprint density at radius 3 is 1.28 bits per heavy atom. The third-order valence-corrected chi connectivity index (χ3v) is 17.3. The standard InChI is InChI=1S/C25H20IO5P/c26-32(20-11-5-17(27)6-12-20,21-13-7-18(28)8-14-21,22-15-9-19(29)10-16-22)24-4-2-1-3-23(24)25(30)31/h1-16,27-29H,(H,30,31). The van der Waals surface area contributed by atoms with Crippen LogP contribution in [-0.2, 0) is 0 Å². The minimum absolute atomic E-state index is 0.0955. The number of carboxylic acid groups (broad SMARTS) is 1. The van der Waals surface area contributed by atoms with E-state index < -0.39 is 10.2 Å². The van der Waals surface area contributed by atoms with E-state index in [-0.39, 0.29) is 22.8 Å². The first-order chi connectivity index (χ1) is 15.2. The van der Waals surface area contributed by atoms with Crippen LogP contribution in [0.15, 0.2) is 97.1 Å². The summed E-state index contributed by atoms with van der Waals surface area (Å²) >= 11 is 2.39. The summed E-state index contributed by atoms with van der Waals surface area (Å²) in [6, 6.07) is 27.2. The topological polar surface area (TPSA) is 98.0 Å². The van der Waals surface area contributed by atoms with Crippen LogP contribution in [0.2, 0.25) is 0 Å². The van der Waals surface area contributed by atoms with Gasteiger partial charge in [0, 0.05) is 0 Å². The van der Waals surface area contributed by atoms with Crippen LogP contribution < -0.4 is 21.2 Å². The molecule has 4 N–H and O–H groups in total. The minimum atomic E-state index is -3.75. The van der Waals surface area contributed by atoms with Crippen LogP contribution in [0.25, 0.3) is 0 Å². The fourth-order valence-electron chi connectivity index (χ4n) is 4.08. The van der Waals surface area contributed by atoms with Gasteiger partial charge in [-0.05, 0) is 0 Å². The van der Waals surface area contributed by atoms with E-state index in [1.54, 1.807) is 84.9 Å². The van der Waals surface area contributed by atoms with Gasteiger partial charge < -0.3 is 0 Å². The second kappa shape index (κ2) is 8.11. The first-order valence-corrected chi connectivity index (χ1v) is 14.7. The summed E-state index contributed by atoms with van der Waals surface area (Å²) in [6.45, 7) is 0. The predicted molar refractivity (Wildman–Crippen MR) is 137 cm³/mol. The third kappa shape index (κ3) is 3.31. The Morgan fingerprint density at radius 1 is 0.594 bits per heavy atom. The molecule has 0 saturated carbocycles. The molecule has 0 unspecified atom stereocenters. The van der Waals surface area contributed by atoms with Crippen LogP contribution in [0.1, 0.15) is 10.4 Å². The molecule has 0 saturated heterocycles. The van der Waals surface area contributed by atoms with Gasteiger partial charge in [-0.15, -0.1) is 0 Å². The molecule has 0 aliphatic rings. The van der Waals surface area contributed by atoms with E-state index in [1.165, 1.54) is 0 Å². The SMILES string of the molecule is O=C(O)c1ccccc1P(I)(c1ccc(O)cc1)(c1ccc(O)cc1)c1ccc(O)cc1. The number of benzene rings is 4. The van der Waals surface area contributed by atoms with Crippen molar-refractivity contribution in [1.82, 2.24) is 0 Å². The molecule has 162 valence electrons. The Morgan fingerprint density at radius 2 is 0.938 bits per heavy atom. The number of hydrogen-bond acceptors (Lipinski definition) is 4. The Labute approximate surface area is 198 Å². The van der Waals surface area contributed by atoms with Crippen molar-refractivity contribution in [2.45, 2.75) is 0 Å². The molecule has 4 aromatic rings. The Balaban J connectivity index is 2.28. The second-order valence-electron chi connectivity index (χ2n) is 7.38. The van der Waals surface area contributed by atoms with E-state index >= 15 is 0 Å². The van der Waals surface area contributed by atoms with Gasteiger partial charge in [-0.1, -0.05) is 0 Å². The first-order valence-electron chi connectivity index (χ1n) is 9.70. The molecule has 0 spiro atoms.